The summed E-state index contributed by atoms with van der Waals surface area (Å²) in [4.78, 5) is 15.2. The summed E-state index contributed by atoms with van der Waals surface area (Å²) in [5.41, 5.74) is 1.83. The third-order valence-electron chi connectivity index (χ3n) is 6.27. The predicted octanol–water partition coefficient (Wildman–Crippen LogP) is 3.48. The van der Waals surface area contributed by atoms with Gasteiger partial charge in [-0.25, -0.2) is 4.39 Å². The number of carbonyl (C=O) groups excluding carboxylic acids is 1. The fourth-order valence-electron chi connectivity index (χ4n) is 4.50. The SMILES string of the molecule is O=C(C1CC12CCNCC2)N(Cc1ccc2c(c1)OCO2)c1ccc(F)cc1. The Balaban J connectivity index is 1.42. The number of nitrogens with one attached hydrogen (secondary N) is 1. The number of rotatable bonds is 4. The molecule has 1 saturated carbocycles. The lowest BCUT2D eigenvalue weighted by Crippen LogP contribution is -2.36. The zero-order valence-electron chi connectivity index (χ0n) is 15.6. The van der Waals surface area contributed by atoms with Gasteiger partial charge in [0.25, 0.3) is 0 Å². The molecule has 0 radical (unpaired) electrons. The van der Waals surface area contributed by atoms with Gasteiger partial charge in [0.05, 0.1) is 6.54 Å². The van der Waals surface area contributed by atoms with E-state index in [2.05, 4.69) is 5.32 Å². The van der Waals surface area contributed by atoms with Gasteiger partial charge in [-0.15, -0.1) is 0 Å². The van der Waals surface area contributed by atoms with Crippen molar-refractivity contribution in [2.45, 2.75) is 25.8 Å². The Labute approximate surface area is 163 Å². The molecule has 2 aromatic carbocycles. The summed E-state index contributed by atoms with van der Waals surface area (Å²) in [6, 6.07) is 11.9. The molecule has 2 heterocycles. The van der Waals surface area contributed by atoms with Gasteiger partial charge >= 0.3 is 0 Å². The summed E-state index contributed by atoms with van der Waals surface area (Å²) in [7, 11) is 0. The zero-order valence-corrected chi connectivity index (χ0v) is 15.6. The number of amides is 1. The number of benzene rings is 2. The van der Waals surface area contributed by atoms with Crippen LogP contribution in [0, 0.1) is 17.2 Å². The Kier molecular flexibility index (Phi) is 4.23. The quantitative estimate of drug-likeness (QED) is 0.880. The van der Waals surface area contributed by atoms with E-state index in [1.807, 2.05) is 18.2 Å². The van der Waals surface area contributed by atoms with Crippen molar-refractivity contribution in [1.82, 2.24) is 5.32 Å². The van der Waals surface area contributed by atoms with Crippen LogP contribution >= 0.6 is 0 Å². The van der Waals surface area contributed by atoms with Gasteiger partial charge in [0.15, 0.2) is 11.5 Å². The Bertz CT molecular complexity index is 893. The average molecular weight is 382 g/mol. The van der Waals surface area contributed by atoms with Crippen molar-refractivity contribution < 1.29 is 18.7 Å². The lowest BCUT2D eigenvalue weighted by molar-refractivity contribution is -0.120. The molecule has 5 rings (SSSR count). The zero-order chi connectivity index (χ0) is 19.1. The highest BCUT2D eigenvalue weighted by atomic mass is 19.1. The number of ether oxygens (including phenoxy) is 2. The monoisotopic (exact) mass is 382 g/mol. The molecular formula is C22H23FN2O3. The largest absolute Gasteiger partial charge is 0.454 e. The van der Waals surface area contributed by atoms with Crippen LogP contribution in [0.2, 0.25) is 0 Å². The second-order valence-electron chi connectivity index (χ2n) is 7.96. The molecule has 5 nitrogen and oxygen atoms in total. The van der Waals surface area contributed by atoms with Crippen molar-refractivity contribution in [2.75, 3.05) is 24.8 Å². The Morgan fingerprint density at radius 2 is 1.86 bits per heavy atom. The summed E-state index contributed by atoms with van der Waals surface area (Å²) in [6.45, 7) is 2.59. The van der Waals surface area contributed by atoms with Crippen molar-refractivity contribution >= 4 is 11.6 Å². The molecule has 1 unspecified atom stereocenters. The van der Waals surface area contributed by atoms with E-state index in [1.165, 1.54) is 12.1 Å². The van der Waals surface area contributed by atoms with Crippen LogP contribution in [0.5, 0.6) is 11.5 Å². The van der Waals surface area contributed by atoms with E-state index >= 15 is 0 Å². The minimum absolute atomic E-state index is 0.0497. The summed E-state index contributed by atoms with van der Waals surface area (Å²) in [5, 5.41) is 3.38. The maximum atomic E-state index is 13.5. The molecule has 1 N–H and O–H groups in total. The molecule has 2 aromatic rings. The van der Waals surface area contributed by atoms with Gasteiger partial charge < -0.3 is 19.7 Å². The molecule has 6 heteroatoms. The van der Waals surface area contributed by atoms with Crippen molar-refractivity contribution in [1.29, 1.82) is 0 Å². The maximum absolute atomic E-state index is 13.5. The molecule has 0 aromatic heterocycles. The Morgan fingerprint density at radius 1 is 1.11 bits per heavy atom. The average Bonchev–Trinajstić information content (AvgIpc) is 3.19. The van der Waals surface area contributed by atoms with Gasteiger partial charge in [-0.05, 0) is 79.7 Å². The van der Waals surface area contributed by atoms with Crippen LogP contribution in [0.3, 0.4) is 0 Å². The molecule has 0 bridgehead atoms. The maximum Gasteiger partial charge on any atom is 0.231 e. The molecule has 1 saturated heterocycles. The first-order valence-corrected chi connectivity index (χ1v) is 9.81. The second-order valence-corrected chi connectivity index (χ2v) is 7.96. The van der Waals surface area contributed by atoms with Crippen LogP contribution in [-0.4, -0.2) is 25.8 Å². The molecule has 2 fully saturated rings. The third-order valence-corrected chi connectivity index (χ3v) is 6.27. The minimum Gasteiger partial charge on any atom is -0.454 e. The molecule has 1 amide bonds. The number of anilines is 1. The lowest BCUT2D eigenvalue weighted by atomic mass is 9.91. The van der Waals surface area contributed by atoms with Crippen molar-refractivity contribution in [3.63, 3.8) is 0 Å². The number of hydrogen-bond acceptors (Lipinski definition) is 4. The summed E-state index contributed by atoms with van der Waals surface area (Å²) in [6.07, 6.45) is 3.04. The highest BCUT2D eigenvalue weighted by Crippen LogP contribution is 2.59. The first kappa shape index (κ1) is 17.5. The van der Waals surface area contributed by atoms with E-state index in [0.717, 1.165) is 49.4 Å². The molecule has 3 aliphatic rings. The molecule has 146 valence electrons. The fraction of sp³-hybridized carbons (Fsp3) is 0.409. The Morgan fingerprint density at radius 3 is 2.64 bits per heavy atom. The Hall–Kier alpha value is -2.60. The number of fused-ring (bicyclic) bond motifs is 1. The first-order valence-electron chi connectivity index (χ1n) is 9.81. The normalized spacial score (nSPS) is 21.5. The number of piperidine rings is 1. The highest BCUT2D eigenvalue weighted by molar-refractivity contribution is 5.97. The van der Waals surface area contributed by atoms with Gasteiger partial charge in [-0.1, -0.05) is 6.07 Å². The van der Waals surface area contributed by atoms with E-state index < -0.39 is 0 Å². The van der Waals surface area contributed by atoms with Crippen LogP contribution in [0.1, 0.15) is 24.8 Å². The number of carbonyl (C=O) groups is 1. The van der Waals surface area contributed by atoms with Crippen LogP contribution in [0.25, 0.3) is 0 Å². The van der Waals surface area contributed by atoms with Gasteiger partial charge in [-0.2, -0.15) is 0 Å². The van der Waals surface area contributed by atoms with Crippen molar-refractivity contribution in [3.05, 3.63) is 53.8 Å². The van der Waals surface area contributed by atoms with E-state index in [-0.39, 0.29) is 29.9 Å². The van der Waals surface area contributed by atoms with Crippen LogP contribution in [0.15, 0.2) is 42.5 Å². The molecule has 1 aliphatic carbocycles. The van der Waals surface area contributed by atoms with E-state index in [9.17, 15) is 9.18 Å². The van der Waals surface area contributed by atoms with Crippen molar-refractivity contribution in [2.24, 2.45) is 11.3 Å². The smallest absolute Gasteiger partial charge is 0.231 e. The molecule has 1 spiro atoms. The predicted molar refractivity (Wildman–Crippen MR) is 103 cm³/mol. The van der Waals surface area contributed by atoms with Gasteiger partial charge in [0.1, 0.15) is 5.82 Å². The first-order chi connectivity index (χ1) is 13.6. The molecule has 28 heavy (non-hydrogen) atoms. The fourth-order valence-corrected chi connectivity index (χ4v) is 4.50. The van der Waals surface area contributed by atoms with Gasteiger partial charge in [-0.3, -0.25) is 4.79 Å². The van der Waals surface area contributed by atoms with E-state index in [4.69, 9.17) is 9.47 Å². The number of nitrogens with zero attached hydrogens (tertiary/aromatic N) is 1. The van der Waals surface area contributed by atoms with Crippen LogP contribution < -0.4 is 19.7 Å². The molecule has 1 atom stereocenters. The third kappa shape index (κ3) is 3.11. The minimum atomic E-state index is -0.305. The highest BCUT2D eigenvalue weighted by Gasteiger charge is 2.58. The molecule has 2 aliphatic heterocycles. The van der Waals surface area contributed by atoms with Gasteiger partial charge in [0, 0.05) is 11.6 Å². The topological polar surface area (TPSA) is 50.8 Å². The lowest BCUT2D eigenvalue weighted by Gasteiger charge is -2.27. The summed E-state index contributed by atoms with van der Waals surface area (Å²) < 4.78 is 24.3. The van der Waals surface area contributed by atoms with Gasteiger partial charge in [0.2, 0.25) is 12.7 Å². The summed E-state index contributed by atoms with van der Waals surface area (Å²) in [5.74, 6) is 1.30. The number of halogens is 1. The number of hydrogen-bond donors (Lipinski definition) is 1. The summed E-state index contributed by atoms with van der Waals surface area (Å²) >= 11 is 0. The molecular weight excluding hydrogens is 359 g/mol. The standard InChI is InChI=1S/C22H23FN2O3/c23-16-2-4-17(5-3-16)25(13-15-1-6-19-20(11-15)28-14-27-19)21(26)18-12-22(18)7-9-24-10-8-22/h1-6,11,18,24H,7-10,12-14H2. The van der Waals surface area contributed by atoms with Crippen LogP contribution in [-0.2, 0) is 11.3 Å². The van der Waals surface area contributed by atoms with Crippen LogP contribution in [0.4, 0.5) is 10.1 Å². The van der Waals surface area contributed by atoms with E-state index in [1.54, 1.807) is 17.0 Å². The second kappa shape index (κ2) is 6.78. The van der Waals surface area contributed by atoms with E-state index in [0.29, 0.717) is 12.3 Å². The van der Waals surface area contributed by atoms with Crippen molar-refractivity contribution in [3.8, 4) is 11.5 Å².